The van der Waals surface area contributed by atoms with Gasteiger partial charge in [-0.2, -0.15) is 0 Å². The SMILES string of the molecule is COC(C)(C)CCn1cc(CCCCl)nn1. The quantitative estimate of drug-likeness (QED) is 0.692. The highest BCUT2D eigenvalue weighted by Gasteiger charge is 2.16. The Morgan fingerprint density at radius 3 is 2.88 bits per heavy atom. The zero-order valence-electron chi connectivity index (χ0n) is 10.2. The van der Waals surface area contributed by atoms with Crippen LogP contribution in [-0.2, 0) is 17.7 Å². The number of aromatic nitrogens is 3. The Hall–Kier alpha value is -0.610. The molecule has 0 aliphatic rings. The molecule has 0 bridgehead atoms. The second kappa shape index (κ2) is 6.21. The minimum Gasteiger partial charge on any atom is -0.379 e. The Balaban J connectivity index is 2.40. The van der Waals surface area contributed by atoms with Gasteiger partial charge in [0, 0.05) is 25.7 Å². The molecule has 0 amide bonds. The van der Waals surface area contributed by atoms with E-state index < -0.39 is 0 Å². The zero-order chi connectivity index (χ0) is 12.0. The molecule has 0 aliphatic heterocycles. The fourth-order valence-corrected chi connectivity index (χ4v) is 1.43. The number of nitrogens with zero attached hydrogens (tertiary/aromatic N) is 3. The summed E-state index contributed by atoms with van der Waals surface area (Å²) < 4.78 is 7.22. The second-order valence-corrected chi connectivity index (χ2v) is 4.86. The largest absolute Gasteiger partial charge is 0.379 e. The van der Waals surface area contributed by atoms with Gasteiger partial charge in [0.2, 0.25) is 0 Å². The fourth-order valence-electron chi connectivity index (χ4n) is 1.30. The Morgan fingerprint density at radius 1 is 1.50 bits per heavy atom. The number of methoxy groups -OCH3 is 1. The number of hydrogen-bond acceptors (Lipinski definition) is 3. The van der Waals surface area contributed by atoms with Gasteiger partial charge in [0.15, 0.2) is 0 Å². The van der Waals surface area contributed by atoms with Crippen LogP contribution in [0, 0.1) is 0 Å². The molecule has 0 aliphatic carbocycles. The van der Waals surface area contributed by atoms with Gasteiger partial charge in [-0.15, -0.1) is 16.7 Å². The fraction of sp³-hybridized carbons (Fsp3) is 0.818. The first-order chi connectivity index (χ1) is 7.57. The van der Waals surface area contributed by atoms with Crippen LogP contribution in [0.15, 0.2) is 6.20 Å². The molecule has 0 radical (unpaired) electrons. The highest BCUT2D eigenvalue weighted by atomic mass is 35.5. The molecule has 0 saturated carbocycles. The first kappa shape index (κ1) is 13.5. The predicted octanol–water partition coefficient (Wildman–Crippen LogP) is 2.26. The van der Waals surface area contributed by atoms with Crippen LogP contribution in [-0.4, -0.2) is 33.6 Å². The summed E-state index contributed by atoms with van der Waals surface area (Å²) in [5.74, 6) is 0.670. The van der Waals surface area contributed by atoms with Gasteiger partial charge in [-0.25, -0.2) is 0 Å². The van der Waals surface area contributed by atoms with Gasteiger partial charge in [-0.05, 0) is 33.1 Å². The number of aryl methyl sites for hydroxylation is 2. The Bertz CT molecular complexity index is 312. The third-order valence-corrected chi connectivity index (χ3v) is 2.92. The van der Waals surface area contributed by atoms with Crippen LogP contribution in [0.5, 0.6) is 0 Å². The van der Waals surface area contributed by atoms with Crippen molar-refractivity contribution in [3.05, 3.63) is 11.9 Å². The molecule has 0 spiro atoms. The lowest BCUT2D eigenvalue weighted by molar-refractivity contribution is 0.0112. The van der Waals surface area contributed by atoms with E-state index in [0.717, 1.165) is 31.5 Å². The summed E-state index contributed by atoms with van der Waals surface area (Å²) in [6, 6.07) is 0. The van der Waals surface area contributed by atoms with Crippen molar-refractivity contribution in [2.24, 2.45) is 0 Å². The second-order valence-electron chi connectivity index (χ2n) is 4.48. The van der Waals surface area contributed by atoms with Crippen LogP contribution >= 0.6 is 11.6 Å². The van der Waals surface area contributed by atoms with E-state index in [1.807, 2.05) is 10.9 Å². The third-order valence-electron chi connectivity index (χ3n) is 2.65. The van der Waals surface area contributed by atoms with Crippen molar-refractivity contribution in [3.63, 3.8) is 0 Å². The molecular weight excluding hydrogens is 226 g/mol. The lowest BCUT2D eigenvalue weighted by Gasteiger charge is -2.22. The molecule has 0 aromatic carbocycles. The average Bonchev–Trinajstić information content (AvgIpc) is 2.72. The van der Waals surface area contributed by atoms with Gasteiger partial charge in [0.05, 0.1) is 11.3 Å². The molecule has 0 atom stereocenters. The monoisotopic (exact) mass is 245 g/mol. The molecule has 0 saturated heterocycles. The van der Waals surface area contributed by atoms with Crippen LogP contribution in [0.2, 0.25) is 0 Å². The first-order valence-corrected chi connectivity index (χ1v) is 6.11. The Morgan fingerprint density at radius 2 is 2.25 bits per heavy atom. The van der Waals surface area contributed by atoms with Gasteiger partial charge >= 0.3 is 0 Å². The molecule has 1 aromatic heterocycles. The maximum absolute atomic E-state index is 5.63. The van der Waals surface area contributed by atoms with Crippen LogP contribution < -0.4 is 0 Å². The van der Waals surface area contributed by atoms with Gasteiger partial charge in [-0.3, -0.25) is 4.68 Å². The highest BCUT2D eigenvalue weighted by Crippen LogP contribution is 2.13. The van der Waals surface area contributed by atoms with E-state index in [-0.39, 0.29) is 5.60 Å². The van der Waals surface area contributed by atoms with E-state index in [9.17, 15) is 0 Å². The van der Waals surface area contributed by atoms with Crippen molar-refractivity contribution in [2.45, 2.75) is 45.3 Å². The molecule has 0 unspecified atom stereocenters. The summed E-state index contributed by atoms with van der Waals surface area (Å²) in [5, 5.41) is 8.17. The number of rotatable bonds is 7. The maximum atomic E-state index is 5.63. The van der Waals surface area contributed by atoms with Gasteiger partial charge in [0.25, 0.3) is 0 Å². The third kappa shape index (κ3) is 4.49. The molecule has 1 rings (SSSR count). The molecule has 16 heavy (non-hydrogen) atoms. The molecule has 4 nitrogen and oxygen atoms in total. The normalized spacial score (nSPS) is 12.0. The van der Waals surface area contributed by atoms with E-state index >= 15 is 0 Å². The minimum absolute atomic E-state index is 0.109. The van der Waals surface area contributed by atoms with E-state index in [4.69, 9.17) is 16.3 Å². The van der Waals surface area contributed by atoms with Crippen molar-refractivity contribution >= 4 is 11.6 Å². The topological polar surface area (TPSA) is 39.9 Å². The highest BCUT2D eigenvalue weighted by molar-refractivity contribution is 6.17. The van der Waals surface area contributed by atoms with Gasteiger partial charge in [0.1, 0.15) is 0 Å². The number of alkyl halides is 1. The lowest BCUT2D eigenvalue weighted by Crippen LogP contribution is -2.24. The van der Waals surface area contributed by atoms with E-state index in [0.29, 0.717) is 5.88 Å². The van der Waals surface area contributed by atoms with Crippen LogP contribution in [0.1, 0.15) is 32.4 Å². The number of hydrogen-bond donors (Lipinski definition) is 0. The van der Waals surface area contributed by atoms with E-state index in [1.54, 1.807) is 7.11 Å². The summed E-state index contributed by atoms with van der Waals surface area (Å²) in [5.41, 5.74) is 0.901. The Labute approximate surface area is 102 Å². The summed E-state index contributed by atoms with van der Waals surface area (Å²) in [6.45, 7) is 4.96. The summed E-state index contributed by atoms with van der Waals surface area (Å²) in [7, 11) is 1.73. The summed E-state index contributed by atoms with van der Waals surface area (Å²) in [6.07, 6.45) is 4.75. The van der Waals surface area contributed by atoms with Crippen molar-refractivity contribution in [1.82, 2.24) is 15.0 Å². The van der Waals surface area contributed by atoms with Gasteiger partial charge < -0.3 is 4.74 Å². The average molecular weight is 246 g/mol. The minimum atomic E-state index is -0.109. The molecular formula is C11H20ClN3O. The standard InChI is InChI=1S/C11H20ClN3O/c1-11(2,16-3)6-8-15-9-10(13-14-15)5-4-7-12/h9H,4-8H2,1-3H3. The zero-order valence-corrected chi connectivity index (χ0v) is 11.0. The smallest absolute Gasteiger partial charge is 0.0827 e. The van der Waals surface area contributed by atoms with E-state index in [1.165, 1.54) is 0 Å². The van der Waals surface area contributed by atoms with Gasteiger partial charge in [-0.1, -0.05) is 5.21 Å². The molecule has 0 fully saturated rings. The molecule has 5 heteroatoms. The molecule has 1 aromatic rings. The predicted molar refractivity (Wildman–Crippen MR) is 64.8 cm³/mol. The maximum Gasteiger partial charge on any atom is 0.0827 e. The van der Waals surface area contributed by atoms with Crippen molar-refractivity contribution in [1.29, 1.82) is 0 Å². The first-order valence-electron chi connectivity index (χ1n) is 5.57. The Kier molecular flexibility index (Phi) is 5.22. The van der Waals surface area contributed by atoms with Crippen molar-refractivity contribution in [2.75, 3.05) is 13.0 Å². The summed E-state index contributed by atoms with van der Waals surface area (Å²) >= 11 is 5.63. The number of halogens is 1. The molecule has 1 heterocycles. The molecule has 92 valence electrons. The number of ether oxygens (including phenoxy) is 1. The van der Waals surface area contributed by atoms with Crippen LogP contribution in [0.25, 0.3) is 0 Å². The van der Waals surface area contributed by atoms with E-state index in [2.05, 4.69) is 24.2 Å². The van der Waals surface area contributed by atoms with Crippen LogP contribution in [0.4, 0.5) is 0 Å². The summed E-state index contributed by atoms with van der Waals surface area (Å²) in [4.78, 5) is 0. The van der Waals surface area contributed by atoms with Crippen molar-refractivity contribution in [3.8, 4) is 0 Å². The molecule has 0 N–H and O–H groups in total. The van der Waals surface area contributed by atoms with Crippen molar-refractivity contribution < 1.29 is 4.74 Å². The lowest BCUT2D eigenvalue weighted by atomic mass is 10.1. The van der Waals surface area contributed by atoms with Crippen LogP contribution in [0.3, 0.4) is 0 Å².